The summed E-state index contributed by atoms with van der Waals surface area (Å²) < 4.78 is 37.3. The third-order valence-corrected chi connectivity index (χ3v) is 3.15. The Morgan fingerprint density at radius 2 is 1.86 bits per heavy atom. The van der Waals surface area contributed by atoms with Crippen LogP contribution in [0.2, 0.25) is 0 Å². The van der Waals surface area contributed by atoms with Gasteiger partial charge in [-0.25, -0.2) is 0 Å². The van der Waals surface area contributed by atoms with Crippen molar-refractivity contribution in [2.75, 3.05) is 0 Å². The molecular formula is C15H21F3N2O. The van der Waals surface area contributed by atoms with Gasteiger partial charge in [0, 0.05) is 6.04 Å². The quantitative estimate of drug-likeness (QED) is 0.849. The lowest BCUT2D eigenvalue weighted by Gasteiger charge is -2.17. The fraction of sp³-hybridized carbons (Fsp3) is 0.533. The predicted octanol–water partition coefficient (Wildman–Crippen LogP) is 2.88. The van der Waals surface area contributed by atoms with Crippen molar-refractivity contribution in [3.63, 3.8) is 0 Å². The highest BCUT2D eigenvalue weighted by Gasteiger charge is 2.29. The van der Waals surface area contributed by atoms with E-state index < -0.39 is 17.8 Å². The zero-order valence-electron chi connectivity index (χ0n) is 12.2. The number of alkyl halides is 3. The minimum Gasteiger partial charge on any atom is -0.352 e. The number of benzene rings is 1. The molecule has 3 nitrogen and oxygen atoms in total. The first-order valence-corrected chi connectivity index (χ1v) is 6.96. The van der Waals surface area contributed by atoms with Crippen LogP contribution in [0.5, 0.6) is 0 Å². The molecule has 2 atom stereocenters. The van der Waals surface area contributed by atoms with Crippen LogP contribution in [-0.2, 0) is 17.4 Å². The van der Waals surface area contributed by atoms with E-state index in [-0.39, 0.29) is 11.9 Å². The molecule has 0 aliphatic heterocycles. The van der Waals surface area contributed by atoms with Crippen molar-refractivity contribution in [3.8, 4) is 0 Å². The van der Waals surface area contributed by atoms with E-state index in [0.717, 1.165) is 24.1 Å². The van der Waals surface area contributed by atoms with Crippen molar-refractivity contribution in [2.24, 2.45) is 5.73 Å². The van der Waals surface area contributed by atoms with Crippen molar-refractivity contribution in [1.82, 2.24) is 5.32 Å². The molecule has 0 heterocycles. The smallest absolute Gasteiger partial charge is 0.352 e. The van der Waals surface area contributed by atoms with Crippen LogP contribution in [0.25, 0.3) is 0 Å². The Hall–Kier alpha value is -1.56. The second kappa shape index (κ2) is 7.45. The van der Waals surface area contributed by atoms with Gasteiger partial charge in [0.05, 0.1) is 11.6 Å². The Bertz CT molecular complexity index is 457. The maximum absolute atomic E-state index is 12.4. The average molecular weight is 302 g/mol. The molecule has 1 aromatic carbocycles. The lowest BCUT2D eigenvalue weighted by atomic mass is 10.0. The van der Waals surface area contributed by atoms with Gasteiger partial charge in [-0.1, -0.05) is 25.5 Å². The van der Waals surface area contributed by atoms with E-state index >= 15 is 0 Å². The number of carbonyl (C=O) groups excluding carboxylic acids is 1. The highest BCUT2D eigenvalue weighted by molar-refractivity contribution is 5.81. The summed E-state index contributed by atoms with van der Waals surface area (Å²) in [6, 6.07) is 4.23. The molecule has 0 fully saturated rings. The van der Waals surface area contributed by atoms with Crippen LogP contribution in [0.15, 0.2) is 24.3 Å². The number of amides is 1. The molecule has 0 bridgehead atoms. The fourth-order valence-corrected chi connectivity index (χ4v) is 2.03. The van der Waals surface area contributed by atoms with E-state index in [0.29, 0.717) is 12.8 Å². The maximum atomic E-state index is 12.4. The highest BCUT2D eigenvalue weighted by Crippen LogP contribution is 2.29. The van der Waals surface area contributed by atoms with Crippen molar-refractivity contribution in [3.05, 3.63) is 35.4 Å². The van der Waals surface area contributed by atoms with E-state index in [1.165, 1.54) is 12.1 Å². The topological polar surface area (TPSA) is 55.1 Å². The summed E-state index contributed by atoms with van der Waals surface area (Å²) in [6.07, 6.45) is -2.44. The van der Waals surface area contributed by atoms with E-state index in [1.807, 2.05) is 6.92 Å². The Kier molecular flexibility index (Phi) is 6.20. The molecule has 1 rings (SSSR count). The maximum Gasteiger partial charge on any atom is 0.416 e. The van der Waals surface area contributed by atoms with Gasteiger partial charge in [-0.15, -0.1) is 0 Å². The molecule has 0 saturated carbocycles. The molecule has 118 valence electrons. The zero-order valence-corrected chi connectivity index (χ0v) is 12.2. The SMILES string of the molecule is CCC[C@H](N)C(=O)N[C@H](C)Cc1ccc(C(F)(F)F)cc1. The van der Waals surface area contributed by atoms with Gasteiger partial charge in [0.25, 0.3) is 0 Å². The minimum absolute atomic E-state index is 0.183. The van der Waals surface area contributed by atoms with Gasteiger partial charge in [0.15, 0.2) is 0 Å². The molecule has 0 aromatic heterocycles. The standard InChI is InChI=1S/C15H21F3N2O/c1-3-4-13(19)14(21)20-10(2)9-11-5-7-12(8-6-11)15(16,17)18/h5-8,10,13H,3-4,9,19H2,1-2H3,(H,20,21)/t10-,13+/m1/s1. The summed E-state index contributed by atoms with van der Waals surface area (Å²) in [6.45, 7) is 3.74. The largest absolute Gasteiger partial charge is 0.416 e. The second-order valence-electron chi connectivity index (χ2n) is 5.20. The van der Waals surface area contributed by atoms with E-state index in [9.17, 15) is 18.0 Å². The van der Waals surface area contributed by atoms with Gasteiger partial charge in [-0.05, 0) is 37.5 Å². The molecular weight excluding hydrogens is 281 g/mol. The monoisotopic (exact) mass is 302 g/mol. The first-order valence-electron chi connectivity index (χ1n) is 6.96. The molecule has 3 N–H and O–H groups in total. The summed E-state index contributed by atoms with van der Waals surface area (Å²) >= 11 is 0. The first kappa shape index (κ1) is 17.5. The number of hydrogen-bond donors (Lipinski definition) is 2. The summed E-state index contributed by atoms with van der Waals surface area (Å²) in [4.78, 5) is 11.7. The van der Waals surface area contributed by atoms with Gasteiger partial charge in [-0.2, -0.15) is 13.2 Å². The Morgan fingerprint density at radius 3 is 2.33 bits per heavy atom. The number of hydrogen-bond acceptors (Lipinski definition) is 2. The molecule has 0 spiro atoms. The Balaban J connectivity index is 2.55. The van der Waals surface area contributed by atoms with Gasteiger partial charge in [0.1, 0.15) is 0 Å². The third kappa shape index (κ3) is 5.75. The van der Waals surface area contributed by atoms with E-state index in [1.54, 1.807) is 6.92 Å². The lowest BCUT2D eigenvalue weighted by molar-refractivity contribution is -0.137. The van der Waals surface area contributed by atoms with Crippen molar-refractivity contribution in [1.29, 1.82) is 0 Å². The molecule has 6 heteroatoms. The first-order chi connectivity index (χ1) is 9.74. The average Bonchev–Trinajstić information content (AvgIpc) is 2.38. The number of carbonyl (C=O) groups is 1. The normalized spacial score (nSPS) is 14.6. The van der Waals surface area contributed by atoms with Gasteiger partial charge < -0.3 is 11.1 Å². The van der Waals surface area contributed by atoms with Gasteiger partial charge >= 0.3 is 6.18 Å². The van der Waals surface area contributed by atoms with Crippen LogP contribution in [0.3, 0.4) is 0 Å². The molecule has 0 aliphatic carbocycles. The van der Waals surface area contributed by atoms with Crippen LogP contribution >= 0.6 is 0 Å². The number of nitrogens with one attached hydrogen (secondary N) is 1. The molecule has 0 saturated heterocycles. The van der Waals surface area contributed by atoms with Crippen LogP contribution in [0, 0.1) is 0 Å². The number of nitrogens with two attached hydrogens (primary N) is 1. The fourth-order valence-electron chi connectivity index (χ4n) is 2.03. The molecule has 0 radical (unpaired) electrons. The van der Waals surface area contributed by atoms with Crippen LogP contribution in [-0.4, -0.2) is 18.0 Å². The third-order valence-electron chi connectivity index (χ3n) is 3.15. The number of rotatable bonds is 6. The summed E-state index contributed by atoms with van der Waals surface area (Å²) in [5.74, 6) is -0.226. The molecule has 1 aromatic rings. The van der Waals surface area contributed by atoms with Crippen molar-refractivity contribution >= 4 is 5.91 Å². The van der Waals surface area contributed by atoms with Crippen LogP contribution in [0.4, 0.5) is 13.2 Å². The minimum atomic E-state index is -4.33. The summed E-state index contributed by atoms with van der Waals surface area (Å²) in [7, 11) is 0. The van der Waals surface area contributed by atoms with E-state index in [4.69, 9.17) is 5.73 Å². The predicted molar refractivity (Wildman–Crippen MR) is 75.6 cm³/mol. The van der Waals surface area contributed by atoms with E-state index in [2.05, 4.69) is 5.32 Å². The van der Waals surface area contributed by atoms with Crippen molar-refractivity contribution in [2.45, 2.75) is 51.4 Å². The van der Waals surface area contributed by atoms with Gasteiger partial charge in [0.2, 0.25) is 5.91 Å². The second-order valence-corrected chi connectivity index (χ2v) is 5.20. The van der Waals surface area contributed by atoms with Gasteiger partial charge in [-0.3, -0.25) is 4.79 Å². The van der Waals surface area contributed by atoms with Crippen molar-refractivity contribution < 1.29 is 18.0 Å². The summed E-state index contributed by atoms with van der Waals surface area (Å²) in [5, 5.41) is 2.77. The Labute approximate surface area is 122 Å². The molecule has 0 unspecified atom stereocenters. The highest BCUT2D eigenvalue weighted by atomic mass is 19.4. The van der Waals surface area contributed by atoms with Crippen LogP contribution in [0.1, 0.15) is 37.8 Å². The zero-order chi connectivity index (χ0) is 16.0. The number of halogens is 3. The summed E-state index contributed by atoms with van der Waals surface area (Å²) in [5.41, 5.74) is 5.76. The molecule has 0 aliphatic rings. The Morgan fingerprint density at radius 1 is 1.29 bits per heavy atom. The van der Waals surface area contributed by atoms with Crippen LogP contribution < -0.4 is 11.1 Å². The lowest BCUT2D eigenvalue weighted by Crippen LogP contribution is -2.45. The molecule has 1 amide bonds. The molecule has 21 heavy (non-hydrogen) atoms.